The largest absolute Gasteiger partial charge is 0.494 e. The molecular formula is C26H19BrClFN2O4. The first-order valence-electron chi connectivity index (χ1n) is 10.6. The molecule has 0 aliphatic carbocycles. The second-order valence-electron chi connectivity index (χ2n) is 7.59. The Morgan fingerprint density at radius 3 is 2.51 bits per heavy atom. The average molecular weight is 558 g/mol. The van der Waals surface area contributed by atoms with E-state index in [2.05, 4.69) is 21.2 Å². The Balaban J connectivity index is 1.74. The lowest BCUT2D eigenvalue weighted by Crippen LogP contribution is -2.54. The molecule has 35 heavy (non-hydrogen) atoms. The lowest BCUT2D eigenvalue weighted by atomic mass is 10.0. The van der Waals surface area contributed by atoms with Crippen molar-refractivity contribution in [2.45, 2.75) is 13.3 Å². The van der Waals surface area contributed by atoms with E-state index < -0.39 is 23.7 Å². The van der Waals surface area contributed by atoms with Crippen molar-refractivity contribution in [1.82, 2.24) is 5.32 Å². The van der Waals surface area contributed by atoms with Gasteiger partial charge in [0.15, 0.2) is 0 Å². The van der Waals surface area contributed by atoms with Crippen LogP contribution in [0.3, 0.4) is 0 Å². The molecule has 1 fully saturated rings. The zero-order valence-corrected chi connectivity index (χ0v) is 20.8. The minimum Gasteiger partial charge on any atom is -0.494 e. The van der Waals surface area contributed by atoms with Gasteiger partial charge in [-0.05, 0) is 54.5 Å². The van der Waals surface area contributed by atoms with Crippen LogP contribution >= 0.6 is 27.5 Å². The normalized spacial score (nSPS) is 14.9. The predicted octanol–water partition coefficient (Wildman–Crippen LogP) is 5.90. The van der Waals surface area contributed by atoms with E-state index in [0.29, 0.717) is 38.7 Å². The minimum absolute atomic E-state index is 0.250. The number of para-hydroxylation sites is 1. The molecule has 1 aliphatic rings. The van der Waals surface area contributed by atoms with Gasteiger partial charge in [0.2, 0.25) is 0 Å². The highest BCUT2D eigenvalue weighted by Gasteiger charge is 2.38. The number of rotatable bonds is 6. The molecule has 0 saturated carbocycles. The maximum absolute atomic E-state index is 14.3. The van der Waals surface area contributed by atoms with Crippen LogP contribution in [0.25, 0.3) is 6.08 Å². The van der Waals surface area contributed by atoms with E-state index in [9.17, 15) is 18.8 Å². The van der Waals surface area contributed by atoms with E-state index in [1.54, 1.807) is 18.2 Å². The van der Waals surface area contributed by atoms with Gasteiger partial charge in [0.25, 0.3) is 11.8 Å². The molecule has 0 unspecified atom stereocenters. The van der Waals surface area contributed by atoms with E-state index in [1.807, 2.05) is 25.1 Å². The molecule has 0 aromatic heterocycles. The van der Waals surface area contributed by atoms with Gasteiger partial charge in [0, 0.05) is 21.5 Å². The SMILES string of the molecule is CCOc1cc(/C=C2/C(=O)NC(=O)N(c3ccccc3F)C2=O)cc(Br)c1Cc1ccccc1Cl. The van der Waals surface area contributed by atoms with Crippen LogP contribution in [0.5, 0.6) is 5.75 Å². The van der Waals surface area contributed by atoms with Crippen molar-refractivity contribution in [1.29, 1.82) is 0 Å². The molecule has 1 aliphatic heterocycles. The fraction of sp³-hybridized carbons (Fsp3) is 0.115. The Morgan fingerprint density at radius 1 is 1.09 bits per heavy atom. The summed E-state index contributed by atoms with van der Waals surface area (Å²) in [5.74, 6) is -2.03. The van der Waals surface area contributed by atoms with Gasteiger partial charge in [-0.25, -0.2) is 14.1 Å². The number of carbonyl (C=O) groups excluding carboxylic acids is 3. The Morgan fingerprint density at radius 2 is 1.80 bits per heavy atom. The zero-order chi connectivity index (χ0) is 25.1. The zero-order valence-electron chi connectivity index (χ0n) is 18.5. The number of hydrogen-bond acceptors (Lipinski definition) is 4. The summed E-state index contributed by atoms with van der Waals surface area (Å²) in [6, 6.07) is 15.2. The molecule has 3 aromatic carbocycles. The van der Waals surface area contributed by atoms with Crippen molar-refractivity contribution in [2.24, 2.45) is 0 Å². The maximum atomic E-state index is 14.3. The molecule has 1 heterocycles. The second kappa shape index (κ2) is 10.4. The van der Waals surface area contributed by atoms with E-state index in [4.69, 9.17) is 16.3 Å². The van der Waals surface area contributed by atoms with Gasteiger partial charge >= 0.3 is 6.03 Å². The number of amides is 4. The first-order valence-corrected chi connectivity index (χ1v) is 11.8. The van der Waals surface area contributed by atoms with Crippen molar-refractivity contribution in [3.8, 4) is 5.75 Å². The van der Waals surface area contributed by atoms with Crippen LogP contribution in [-0.4, -0.2) is 24.5 Å². The lowest BCUT2D eigenvalue weighted by molar-refractivity contribution is -0.122. The molecule has 4 rings (SSSR count). The highest BCUT2D eigenvalue weighted by atomic mass is 79.9. The fourth-order valence-corrected chi connectivity index (χ4v) is 4.48. The highest BCUT2D eigenvalue weighted by Crippen LogP contribution is 2.34. The third kappa shape index (κ3) is 5.13. The first kappa shape index (κ1) is 24.6. The van der Waals surface area contributed by atoms with E-state index in [0.717, 1.165) is 17.2 Å². The van der Waals surface area contributed by atoms with Crippen LogP contribution in [0.1, 0.15) is 23.6 Å². The quantitative estimate of drug-likeness (QED) is 0.303. The number of nitrogens with zero attached hydrogens (tertiary/aromatic N) is 1. The Bertz CT molecular complexity index is 1380. The molecule has 1 N–H and O–H groups in total. The Kier molecular flexibility index (Phi) is 7.33. The lowest BCUT2D eigenvalue weighted by Gasteiger charge is -2.26. The van der Waals surface area contributed by atoms with E-state index in [1.165, 1.54) is 24.3 Å². The predicted molar refractivity (Wildman–Crippen MR) is 135 cm³/mol. The molecule has 0 atom stereocenters. The number of imide groups is 2. The van der Waals surface area contributed by atoms with Crippen LogP contribution in [0.15, 0.2) is 70.7 Å². The van der Waals surface area contributed by atoms with Crippen LogP contribution in [-0.2, 0) is 16.0 Å². The molecule has 0 radical (unpaired) electrons. The summed E-state index contributed by atoms with van der Waals surface area (Å²) in [6.07, 6.45) is 1.83. The summed E-state index contributed by atoms with van der Waals surface area (Å²) in [4.78, 5) is 38.6. The smallest absolute Gasteiger partial charge is 0.336 e. The fourth-order valence-electron chi connectivity index (χ4n) is 3.68. The number of nitrogens with one attached hydrogen (secondary N) is 1. The molecule has 3 aromatic rings. The number of anilines is 1. The van der Waals surface area contributed by atoms with Gasteiger partial charge in [-0.15, -0.1) is 0 Å². The van der Waals surface area contributed by atoms with Crippen molar-refractivity contribution >= 4 is 57.1 Å². The number of barbiturate groups is 1. The van der Waals surface area contributed by atoms with E-state index >= 15 is 0 Å². The van der Waals surface area contributed by atoms with Gasteiger partial charge in [0.1, 0.15) is 17.1 Å². The van der Waals surface area contributed by atoms with Gasteiger partial charge in [-0.2, -0.15) is 0 Å². The molecule has 0 spiro atoms. The van der Waals surface area contributed by atoms with Gasteiger partial charge < -0.3 is 4.74 Å². The maximum Gasteiger partial charge on any atom is 0.336 e. The third-order valence-electron chi connectivity index (χ3n) is 5.31. The first-order chi connectivity index (χ1) is 16.8. The van der Waals surface area contributed by atoms with Crippen LogP contribution in [0.4, 0.5) is 14.9 Å². The highest BCUT2D eigenvalue weighted by molar-refractivity contribution is 9.10. The monoisotopic (exact) mass is 556 g/mol. The van der Waals surface area contributed by atoms with Crippen molar-refractivity contribution in [3.63, 3.8) is 0 Å². The van der Waals surface area contributed by atoms with Gasteiger partial charge in [-0.1, -0.05) is 57.9 Å². The van der Waals surface area contributed by atoms with Crippen molar-refractivity contribution in [2.75, 3.05) is 11.5 Å². The van der Waals surface area contributed by atoms with Crippen LogP contribution < -0.4 is 15.0 Å². The van der Waals surface area contributed by atoms with E-state index in [-0.39, 0.29) is 11.3 Å². The number of carbonyl (C=O) groups is 3. The molecule has 9 heteroatoms. The third-order valence-corrected chi connectivity index (χ3v) is 6.38. The molecule has 6 nitrogen and oxygen atoms in total. The van der Waals surface area contributed by atoms with Crippen LogP contribution in [0, 0.1) is 5.82 Å². The molecule has 178 valence electrons. The van der Waals surface area contributed by atoms with Gasteiger partial charge in [-0.3, -0.25) is 14.9 Å². The minimum atomic E-state index is -1.02. The number of benzene rings is 3. The van der Waals surface area contributed by atoms with Gasteiger partial charge in [0.05, 0.1) is 12.3 Å². The average Bonchev–Trinajstić information content (AvgIpc) is 2.81. The Hall–Kier alpha value is -3.49. The second-order valence-corrected chi connectivity index (χ2v) is 8.85. The summed E-state index contributed by atoms with van der Waals surface area (Å²) in [5.41, 5.74) is 1.65. The molecule has 0 bridgehead atoms. The Labute approximate surface area is 214 Å². The molecular weight excluding hydrogens is 539 g/mol. The standard InChI is InChI=1S/C26H19BrClFN2O4/c1-2-35-23-13-15(12-19(27)17(23)14-16-7-3-4-8-20(16)28)11-18-24(32)30-26(34)31(25(18)33)22-10-6-5-9-21(22)29/h3-13H,2,14H2,1H3,(H,30,32,34)/b18-11-. The number of halogens is 3. The van der Waals surface area contributed by atoms with Crippen LogP contribution in [0.2, 0.25) is 5.02 Å². The summed E-state index contributed by atoms with van der Waals surface area (Å²) < 4.78 is 20.8. The molecule has 4 amide bonds. The summed E-state index contributed by atoms with van der Waals surface area (Å²) in [7, 11) is 0. The topological polar surface area (TPSA) is 75.7 Å². The van der Waals surface area contributed by atoms with Crippen molar-refractivity contribution in [3.05, 3.63) is 98.2 Å². The number of urea groups is 1. The number of hydrogen-bond donors (Lipinski definition) is 1. The number of ether oxygens (including phenoxy) is 1. The summed E-state index contributed by atoms with van der Waals surface area (Å²) >= 11 is 9.89. The van der Waals surface area contributed by atoms with Crippen molar-refractivity contribution < 1.29 is 23.5 Å². The summed E-state index contributed by atoms with van der Waals surface area (Å²) in [5, 5.41) is 2.72. The molecule has 1 saturated heterocycles. The summed E-state index contributed by atoms with van der Waals surface area (Å²) in [6.45, 7) is 2.23.